The van der Waals surface area contributed by atoms with Gasteiger partial charge in [-0.3, -0.25) is 9.59 Å². The van der Waals surface area contributed by atoms with Crippen LogP contribution in [0.2, 0.25) is 0 Å². The first kappa shape index (κ1) is 15.8. The van der Waals surface area contributed by atoms with Gasteiger partial charge in [0.25, 0.3) is 5.91 Å². The fraction of sp³-hybridized carbons (Fsp3) is 0.294. The third kappa shape index (κ3) is 3.75. The zero-order valence-electron chi connectivity index (χ0n) is 12.6. The average molecular weight is 301 g/mol. The Kier molecular flexibility index (Phi) is 4.99. The van der Waals surface area contributed by atoms with E-state index in [1.54, 1.807) is 12.1 Å². The molecular formula is C17H19NO4. The topological polar surface area (TPSA) is 79.5 Å². The largest absolute Gasteiger partial charge is 0.481 e. The van der Waals surface area contributed by atoms with E-state index in [4.69, 9.17) is 9.52 Å². The van der Waals surface area contributed by atoms with Crippen molar-refractivity contribution in [3.8, 4) is 11.3 Å². The molecule has 0 saturated carbocycles. The zero-order valence-corrected chi connectivity index (χ0v) is 12.6. The molecule has 0 spiro atoms. The summed E-state index contributed by atoms with van der Waals surface area (Å²) in [5.41, 5.74) is 2.13. The lowest BCUT2D eigenvalue weighted by Crippen LogP contribution is -2.31. The molecule has 0 radical (unpaired) electrons. The van der Waals surface area contributed by atoms with Gasteiger partial charge in [0.1, 0.15) is 5.76 Å². The summed E-state index contributed by atoms with van der Waals surface area (Å²) in [5.74, 6) is -1.22. The Hall–Kier alpha value is -2.56. The minimum atomic E-state index is -0.948. The summed E-state index contributed by atoms with van der Waals surface area (Å²) >= 11 is 0. The van der Waals surface area contributed by atoms with E-state index in [9.17, 15) is 9.59 Å². The van der Waals surface area contributed by atoms with Crippen LogP contribution in [0.15, 0.2) is 40.8 Å². The molecule has 1 amide bonds. The maximum atomic E-state index is 11.9. The second-order valence-electron chi connectivity index (χ2n) is 5.16. The van der Waals surface area contributed by atoms with Crippen LogP contribution in [0.3, 0.4) is 0 Å². The molecule has 1 unspecified atom stereocenters. The van der Waals surface area contributed by atoms with Gasteiger partial charge in [0.2, 0.25) is 0 Å². The highest BCUT2D eigenvalue weighted by molar-refractivity contribution is 5.92. The van der Waals surface area contributed by atoms with Gasteiger partial charge in [-0.05, 0) is 24.1 Å². The summed E-state index contributed by atoms with van der Waals surface area (Å²) in [6.45, 7) is 3.68. The van der Waals surface area contributed by atoms with Crippen LogP contribution in [-0.4, -0.2) is 23.5 Å². The standard InChI is InChI=1S/C17H19NO4/c1-3-12-4-6-13(7-5-12)14-8-9-15(22-14)16(19)18-10-11(2)17(20)21/h4-9,11H,3,10H2,1-2H3,(H,18,19)(H,20,21). The second-order valence-corrected chi connectivity index (χ2v) is 5.16. The third-order valence-corrected chi connectivity index (χ3v) is 3.47. The molecule has 22 heavy (non-hydrogen) atoms. The number of carboxylic acid groups (broad SMARTS) is 1. The first-order chi connectivity index (χ1) is 10.5. The molecule has 0 fully saturated rings. The Balaban J connectivity index is 2.03. The zero-order chi connectivity index (χ0) is 16.1. The highest BCUT2D eigenvalue weighted by atomic mass is 16.4. The number of hydrogen-bond acceptors (Lipinski definition) is 3. The maximum Gasteiger partial charge on any atom is 0.308 e. The summed E-state index contributed by atoms with van der Waals surface area (Å²) in [7, 11) is 0. The van der Waals surface area contributed by atoms with Gasteiger partial charge in [-0.2, -0.15) is 0 Å². The summed E-state index contributed by atoms with van der Waals surface area (Å²) in [4.78, 5) is 22.6. The Labute approximate surface area is 129 Å². The number of carboxylic acids is 1. The van der Waals surface area contributed by atoms with Crippen LogP contribution in [-0.2, 0) is 11.2 Å². The van der Waals surface area contributed by atoms with Crippen molar-refractivity contribution >= 4 is 11.9 Å². The van der Waals surface area contributed by atoms with Crippen molar-refractivity contribution in [1.82, 2.24) is 5.32 Å². The molecule has 0 aliphatic heterocycles. The molecule has 2 aromatic rings. The smallest absolute Gasteiger partial charge is 0.308 e. The lowest BCUT2D eigenvalue weighted by atomic mass is 10.1. The fourth-order valence-electron chi connectivity index (χ4n) is 1.94. The number of rotatable bonds is 6. The predicted molar refractivity (Wildman–Crippen MR) is 82.7 cm³/mol. The van der Waals surface area contributed by atoms with Gasteiger partial charge in [-0.15, -0.1) is 0 Å². The Morgan fingerprint density at radius 2 is 1.86 bits per heavy atom. The number of carbonyl (C=O) groups is 2. The molecule has 116 valence electrons. The van der Waals surface area contributed by atoms with Crippen molar-refractivity contribution < 1.29 is 19.1 Å². The van der Waals surface area contributed by atoms with Crippen LogP contribution in [0.4, 0.5) is 0 Å². The lowest BCUT2D eigenvalue weighted by Gasteiger charge is -2.06. The molecule has 1 atom stereocenters. The molecule has 0 aliphatic rings. The van der Waals surface area contributed by atoms with E-state index in [2.05, 4.69) is 12.2 Å². The van der Waals surface area contributed by atoms with Crippen LogP contribution in [0.5, 0.6) is 0 Å². The number of amides is 1. The molecule has 5 nitrogen and oxygen atoms in total. The molecule has 0 bridgehead atoms. The minimum Gasteiger partial charge on any atom is -0.481 e. The Morgan fingerprint density at radius 1 is 1.18 bits per heavy atom. The second kappa shape index (κ2) is 6.93. The lowest BCUT2D eigenvalue weighted by molar-refractivity contribution is -0.140. The highest BCUT2D eigenvalue weighted by Gasteiger charge is 2.16. The average Bonchev–Trinajstić information content (AvgIpc) is 3.02. The number of hydrogen-bond donors (Lipinski definition) is 2. The van der Waals surface area contributed by atoms with Crippen molar-refractivity contribution in [3.05, 3.63) is 47.7 Å². The quantitative estimate of drug-likeness (QED) is 0.859. The first-order valence-electron chi connectivity index (χ1n) is 7.21. The fourth-order valence-corrected chi connectivity index (χ4v) is 1.94. The van der Waals surface area contributed by atoms with Gasteiger partial charge in [0.05, 0.1) is 5.92 Å². The highest BCUT2D eigenvalue weighted by Crippen LogP contribution is 2.22. The number of nitrogens with one attached hydrogen (secondary N) is 1. The number of benzene rings is 1. The summed E-state index contributed by atoms with van der Waals surface area (Å²) in [6, 6.07) is 11.3. The van der Waals surface area contributed by atoms with E-state index in [0.717, 1.165) is 12.0 Å². The number of aliphatic carboxylic acids is 1. The normalized spacial score (nSPS) is 11.9. The maximum absolute atomic E-state index is 11.9. The van der Waals surface area contributed by atoms with Gasteiger partial charge in [0.15, 0.2) is 5.76 Å². The minimum absolute atomic E-state index is 0.0649. The van der Waals surface area contributed by atoms with E-state index in [1.807, 2.05) is 24.3 Å². The number of furan rings is 1. The summed E-state index contributed by atoms with van der Waals surface area (Å²) in [6.07, 6.45) is 0.966. The van der Waals surface area contributed by atoms with Crippen LogP contribution >= 0.6 is 0 Å². The molecule has 0 saturated heterocycles. The number of carbonyl (C=O) groups excluding carboxylic acids is 1. The van der Waals surface area contributed by atoms with E-state index < -0.39 is 17.8 Å². The predicted octanol–water partition coefficient (Wildman–Crippen LogP) is 2.96. The first-order valence-corrected chi connectivity index (χ1v) is 7.21. The molecule has 1 aromatic heterocycles. The van der Waals surface area contributed by atoms with Gasteiger partial charge >= 0.3 is 5.97 Å². The van der Waals surface area contributed by atoms with Crippen molar-refractivity contribution in [2.45, 2.75) is 20.3 Å². The van der Waals surface area contributed by atoms with E-state index in [0.29, 0.717) is 5.76 Å². The van der Waals surface area contributed by atoms with Crippen molar-refractivity contribution in [3.63, 3.8) is 0 Å². The molecule has 1 heterocycles. The summed E-state index contributed by atoms with van der Waals surface area (Å²) in [5, 5.41) is 11.3. The van der Waals surface area contributed by atoms with Gasteiger partial charge in [-0.25, -0.2) is 0 Å². The van der Waals surface area contributed by atoms with Crippen molar-refractivity contribution in [1.29, 1.82) is 0 Å². The van der Waals surface area contributed by atoms with Crippen LogP contribution in [0.25, 0.3) is 11.3 Å². The van der Waals surface area contributed by atoms with E-state index in [1.165, 1.54) is 12.5 Å². The molecular weight excluding hydrogens is 282 g/mol. The summed E-state index contributed by atoms with van der Waals surface area (Å²) < 4.78 is 5.54. The van der Waals surface area contributed by atoms with Crippen LogP contribution < -0.4 is 5.32 Å². The monoisotopic (exact) mass is 301 g/mol. The Morgan fingerprint density at radius 3 is 2.45 bits per heavy atom. The third-order valence-electron chi connectivity index (χ3n) is 3.47. The van der Waals surface area contributed by atoms with Crippen molar-refractivity contribution in [2.24, 2.45) is 5.92 Å². The van der Waals surface area contributed by atoms with Gasteiger partial charge in [0, 0.05) is 12.1 Å². The van der Waals surface area contributed by atoms with Gasteiger partial charge < -0.3 is 14.8 Å². The molecule has 2 N–H and O–H groups in total. The SMILES string of the molecule is CCc1ccc(-c2ccc(C(=O)NCC(C)C(=O)O)o2)cc1. The van der Waals surface area contributed by atoms with E-state index in [-0.39, 0.29) is 12.3 Å². The van der Waals surface area contributed by atoms with Gasteiger partial charge in [-0.1, -0.05) is 38.1 Å². The molecule has 0 aliphatic carbocycles. The number of aryl methyl sites for hydroxylation is 1. The molecule has 5 heteroatoms. The molecule has 2 rings (SSSR count). The van der Waals surface area contributed by atoms with Crippen LogP contribution in [0, 0.1) is 5.92 Å². The molecule has 1 aromatic carbocycles. The van der Waals surface area contributed by atoms with Crippen LogP contribution in [0.1, 0.15) is 30.0 Å². The Bertz CT molecular complexity index is 658. The van der Waals surface area contributed by atoms with E-state index >= 15 is 0 Å². The van der Waals surface area contributed by atoms with Crippen molar-refractivity contribution in [2.75, 3.05) is 6.54 Å².